The van der Waals surface area contributed by atoms with Crippen LogP contribution in [0.5, 0.6) is 0 Å². The molecule has 98 valence electrons. The van der Waals surface area contributed by atoms with Gasteiger partial charge in [-0.2, -0.15) is 0 Å². The Morgan fingerprint density at radius 2 is 2.33 bits per heavy atom. The average Bonchev–Trinajstić information content (AvgIpc) is 2.88. The Morgan fingerprint density at radius 1 is 1.50 bits per heavy atom. The molecule has 1 N–H and O–H groups in total. The van der Waals surface area contributed by atoms with E-state index < -0.39 is 0 Å². The molecule has 1 heterocycles. The number of nitrogens with one attached hydrogen (secondary N) is 1. The zero-order valence-electron chi connectivity index (χ0n) is 10.4. The van der Waals surface area contributed by atoms with Crippen LogP contribution in [0, 0.1) is 5.82 Å². The van der Waals surface area contributed by atoms with E-state index >= 15 is 0 Å². The van der Waals surface area contributed by atoms with Gasteiger partial charge in [-0.15, -0.1) is 0 Å². The molecular formula is C14H17BrFNO. The molecule has 0 saturated carbocycles. The summed E-state index contributed by atoms with van der Waals surface area (Å²) in [6.07, 6.45) is 3.93. The highest BCUT2D eigenvalue weighted by Gasteiger charge is 2.23. The van der Waals surface area contributed by atoms with Gasteiger partial charge in [0.05, 0.1) is 17.1 Å². The van der Waals surface area contributed by atoms with E-state index in [1.165, 1.54) is 0 Å². The Hall–Kier alpha value is -0.870. The molecule has 0 spiro atoms. The van der Waals surface area contributed by atoms with Crippen molar-refractivity contribution < 1.29 is 9.13 Å². The van der Waals surface area contributed by atoms with Crippen LogP contribution >= 0.6 is 15.9 Å². The van der Waals surface area contributed by atoms with E-state index in [9.17, 15) is 4.39 Å². The van der Waals surface area contributed by atoms with Crippen molar-refractivity contribution >= 4 is 15.9 Å². The number of benzene rings is 1. The largest absolute Gasteiger partial charge is 0.496 e. The molecule has 1 atom stereocenters. The van der Waals surface area contributed by atoms with Gasteiger partial charge < -0.3 is 10.1 Å². The van der Waals surface area contributed by atoms with Crippen LogP contribution in [0.2, 0.25) is 0 Å². The van der Waals surface area contributed by atoms with E-state index in [2.05, 4.69) is 28.2 Å². The molecule has 0 aliphatic carbocycles. The maximum atomic E-state index is 14.2. The van der Waals surface area contributed by atoms with E-state index in [0.717, 1.165) is 25.1 Å². The maximum Gasteiger partial charge on any atom is 0.142 e. The molecule has 2 rings (SSSR count). The summed E-state index contributed by atoms with van der Waals surface area (Å²) in [4.78, 5) is 0. The number of rotatable bonds is 5. The summed E-state index contributed by atoms with van der Waals surface area (Å²) in [7, 11) is 0. The quantitative estimate of drug-likeness (QED) is 0.889. The molecule has 0 amide bonds. The van der Waals surface area contributed by atoms with Gasteiger partial charge in [-0.1, -0.05) is 19.1 Å². The second-order valence-corrected chi connectivity index (χ2v) is 5.13. The van der Waals surface area contributed by atoms with Gasteiger partial charge in [0.2, 0.25) is 0 Å². The van der Waals surface area contributed by atoms with E-state index in [1.807, 2.05) is 12.1 Å². The lowest BCUT2D eigenvalue weighted by Crippen LogP contribution is -2.25. The second-order valence-electron chi connectivity index (χ2n) is 4.27. The van der Waals surface area contributed by atoms with Gasteiger partial charge in [0.1, 0.15) is 11.6 Å². The zero-order valence-corrected chi connectivity index (χ0v) is 12.0. The molecule has 0 aromatic heterocycles. The first-order valence-corrected chi connectivity index (χ1v) is 7.03. The number of ether oxygens (including phenoxy) is 1. The van der Waals surface area contributed by atoms with Gasteiger partial charge in [0.15, 0.2) is 0 Å². The summed E-state index contributed by atoms with van der Waals surface area (Å²) in [6, 6.07) is 5.17. The monoisotopic (exact) mass is 313 g/mol. The van der Waals surface area contributed by atoms with Crippen molar-refractivity contribution in [3.63, 3.8) is 0 Å². The van der Waals surface area contributed by atoms with Crippen molar-refractivity contribution in [3.8, 4) is 0 Å². The average molecular weight is 314 g/mol. The summed E-state index contributed by atoms with van der Waals surface area (Å²) in [5.74, 6) is 0.614. The fourth-order valence-corrected chi connectivity index (χ4v) is 2.42. The lowest BCUT2D eigenvalue weighted by molar-refractivity contribution is 0.214. The van der Waals surface area contributed by atoms with Gasteiger partial charge in [-0.05, 0) is 41.0 Å². The van der Waals surface area contributed by atoms with Crippen molar-refractivity contribution in [1.82, 2.24) is 5.32 Å². The van der Waals surface area contributed by atoms with Gasteiger partial charge in [0.25, 0.3) is 0 Å². The molecule has 0 fully saturated rings. The first kappa shape index (κ1) is 13.6. The van der Waals surface area contributed by atoms with Crippen LogP contribution in [-0.2, 0) is 4.74 Å². The van der Waals surface area contributed by atoms with Crippen LogP contribution < -0.4 is 5.32 Å². The van der Waals surface area contributed by atoms with Crippen LogP contribution in [0.1, 0.15) is 31.4 Å². The maximum absolute atomic E-state index is 14.2. The summed E-state index contributed by atoms with van der Waals surface area (Å²) in [5, 5.41) is 3.34. The summed E-state index contributed by atoms with van der Waals surface area (Å²) >= 11 is 3.23. The standard InChI is InChI=1S/C14H17BrFNO/c1-2-8-17-14(12-7-4-9-18-12)10-5-3-6-11(15)13(10)16/h3,5-7,14,17H,2,4,8-9H2,1H3. The lowest BCUT2D eigenvalue weighted by Gasteiger charge is -2.21. The summed E-state index contributed by atoms with van der Waals surface area (Å²) in [6.45, 7) is 3.61. The number of hydrogen-bond donors (Lipinski definition) is 1. The fourth-order valence-electron chi connectivity index (χ4n) is 2.03. The van der Waals surface area contributed by atoms with Crippen LogP contribution in [0.15, 0.2) is 34.5 Å². The zero-order chi connectivity index (χ0) is 13.0. The van der Waals surface area contributed by atoms with Crippen molar-refractivity contribution in [3.05, 3.63) is 45.9 Å². The molecule has 0 bridgehead atoms. The second kappa shape index (κ2) is 6.34. The molecule has 1 unspecified atom stereocenters. The third-order valence-electron chi connectivity index (χ3n) is 2.91. The number of hydrogen-bond acceptors (Lipinski definition) is 2. The molecule has 1 aliphatic rings. The predicted molar refractivity (Wildman–Crippen MR) is 73.8 cm³/mol. The van der Waals surface area contributed by atoms with Crippen LogP contribution in [-0.4, -0.2) is 13.2 Å². The molecule has 1 aromatic rings. The third kappa shape index (κ3) is 2.93. The first-order valence-electron chi connectivity index (χ1n) is 6.24. The number of halogens is 2. The highest BCUT2D eigenvalue weighted by atomic mass is 79.9. The van der Waals surface area contributed by atoms with Crippen molar-refractivity contribution in [2.75, 3.05) is 13.2 Å². The molecular weight excluding hydrogens is 297 g/mol. The summed E-state index contributed by atoms with van der Waals surface area (Å²) in [5.41, 5.74) is 0.631. The smallest absolute Gasteiger partial charge is 0.142 e. The van der Waals surface area contributed by atoms with Crippen molar-refractivity contribution in [2.45, 2.75) is 25.8 Å². The Bertz CT molecular complexity index is 447. The predicted octanol–water partition coefficient (Wildman–Crippen LogP) is 3.93. The fraction of sp³-hybridized carbons (Fsp3) is 0.429. The third-order valence-corrected chi connectivity index (χ3v) is 3.52. The minimum Gasteiger partial charge on any atom is -0.496 e. The van der Waals surface area contributed by atoms with E-state index in [-0.39, 0.29) is 11.9 Å². The Kier molecular flexibility index (Phi) is 4.78. The van der Waals surface area contributed by atoms with Crippen LogP contribution in [0.4, 0.5) is 4.39 Å². The molecule has 0 radical (unpaired) electrons. The van der Waals surface area contributed by atoms with E-state index in [4.69, 9.17) is 4.74 Å². The molecule has 1 aliphatic heterocycles. The molecule has 0 saturated heterocycles. The highest BCUT2D eigenvalue weighted by Crippen LogP contribution is 2.31. The van der Waals surface area contributed by atoms with Crippen molar-refractivity contribution in [2.24, 2.45) is 0 Å². The van der Waals surface area contributed by atoms with Gasteiger partial charge >= 0.3 is 0 Å². The first-order chi connectivity index (χ1) is 8.74. The topological polar surface area (TPSA) is 21.3 Å². The Morgan fingerprint density at radius 3 is 3.00 bits per heavy atom. The lowest BCUT2D eigenvalue weighted by atomic mass is 10.0. The molecule has 4 heteroatoms. The minimum atomic E-state index is -0.220. The van der Waals surface area contributed by atoms with Crippen LogP contribution in [0.3, 0.4) is 0 Å². The Labute approximate surface area is 115 Å². The normalized spacial score (nSPS) is 16.3. The van der Waals surface area contributed by atoms with E-state index in [1.54, 1.807) is 12.1 Å². The minimum absolute atomic E-state index is 0.190. The van der Waals surface area contributed by atoms with Crippen molar-refractivity contribution in [1.29, 1.82) is 0 Å². The molecule has 2 nitrogen and oxygen atoms in total. The van der Waals surface area contributed by atoms with E-state index in [0.29, 0.717) is 16.6 Å². The molecule has 18 heavy (non-hydrogen) atoms. The highest BCUT2D eigenvalue weighted by molar-refractivity contribution is 9.10. The van der Waals surface area contributed by atoms with Gasteiger partial charge in [-0.3, -0.25) is 0 Å². The summed E-state index contributed by atoms with van der Waals surface area (Å²) < 4.78 is 20.2. The van der Waals surface area contributed by atoms with Gasteiger partial charge in [-0.25, -0.2) is 4.39 Å². The van der Waals surface area contributed by atoms with Crippen LogP contribution in [0.25, 0.3) is 0 Å². The SMILES string of the molecule is CCCNC(C1=CCCO1)c1cccc(Br)c1F. The Balaban J connectivity index is 2.30. The van der Waals surface area contributed by atoms with Gasteiger partial charge in [0, 0.05) is 12.0 Å². The molecule has 1 aromatic carbocycles.